The highest BCUT2D eigenvalue weighted by Crippen LogP contribution is 2.22. The Morgan fingerprint density at radius 3 is 2.21 bits per heavy atom. The highest BCUT2D eigenvalue weighted by molar-refractivity contribution is 5.94. The summed E-state index contributed by atoms with van der Waals surface area (Å²) in [6, 6.07) is 23.0. The van der Waals surface area contributed by atoms with Gasteiger partial charge in [0.25, 0.3) is 5.91 Å². The van der Waals surface area contributed by atoms with Crippen LogP contribution in [0.4, 0.5) is 11.4 Å². The van der Waals surface area contributed by atoms with Crippen LogP contribution in [-0.2, 0) is 9.59 Å². The SMILES string of the molecule is CC(=O)Nc1cc(NC(=O)COc2ccc(-c3ccccc3)cc2)ccc1C. The first-order valence-electron chi connectivity index (χ1n) is 8.97. The van der Waals surface area contributed by atoms with E-state index < -0.39 is 0 Å². The van der Waals surface area contributed by atoms with Crippen LogP contribution < -0.4 is 15.4 Å². The number of benzene rings is 3. The second-order valence-corrected chi connectivity index (χ2v) is 6.44. The Kier molecular flexibility index (Phi) is 6.07. The van der Waals surface area contributed by atoms with Gasteiger partial charge in [0, 0.05) is 18.3 Å². The molecule has 3 aromatic rings. The molecule has 0 saturated heterocycles. The molecule has 0 aromatic heterocycles. The van der Waals surface area contributed by atoms with Crippen LogP contribution in [-0.4, -0.2) is 18.4 Å². The van der Waals surface area contributed by atoms with Crippen LogP contribution in [0.3, 0.4) is 0 Å². The van der Waals surface area contributed by atoms with E-state index in [9.17, 15) is 9.59 Å². The van der Waals surface area contributed by atoms with Gasteiger partial charge in [-0.2, -0.15) is 0 Å². The molecule has 0 radical (unpaired) electrons. The molecular weight excluding hydrogens is 352 g/mol. The van der Waals surface area contributed by atoms with Crippen LogP contribution >= 0.6 is 0 Å². The van der Waals surface area contributed by atoms with Crippen LogP contribution in [0.2, 0.25) is 0 Å². The minimum atomic E-state index is -0.273. The zero-order chi connectivity index (χ0) is 19.9. The van der Waals surface area contributed by atoms with Gasteiger partial charge >= 0.3 is 0 Å². The summed E-state index contributed by atoms with van der Waals surface area (Å²) in [5.41, 5.74) is 4.40. The van der Waals surface area contributed by atoms with E-state index in [4.69, 9.17) is 4.74 Å². The van der Waals surface area contributed by atoms with Crippen LogP contribution in [0, 0.1) is 6.92 Å². The Morgan fingerprint density at radius 1 is 0.857 bits per heavy atom. The quantitative estimate of drug-likeness (QED) is 0.661. The summed E-state index contributed by atoms with van der Waals surface area (Å²) in [5.74, 6) is 0.191. The van der Waals surface area contributed by atoms with E-state index in [2.05, 4.69) is 10.6 Å². The number of rotatable bonds is 6. The van der Waals surface area contributed by atoms with E-state index in [0.717, 1.165) is 16.7 Å². The van der Waals surface area contributed by atoms with Crippen molar-refractivity contribution in [3.8, 4) is 16.9 Å². The number of carbonyl (C=O) groups is 2. The maximum atomic E-state index is 12.2. The Labute approximate surface area is 164 Å². The topological polar surface area (TPSA) is 67.4 Å². The van der Waals surface area contributed by atoms with Crippen molar-refractivity contribution in [2.24, 2.45) is 0 Å². The van der Waals surface area contributed by atoms with Crippen molar-refractivity contribution in [1.82, 2.24) is 0 Å². The van der Waals surface area contributed by atoms with Gasteiger partial charge in [-0.3, -0.25) is 9.59 Å². The molecular formula is C23H22N2O3. The predicted molar refractivity (Wildman–Crippen MR) is 111 cm³/mol. The molecule has 3 aromatic carbocycles. The normalized spacial score (nSPS) is 10.2. The van der Waals surface area contributed by atoms with Gasteiger partial charge in [-0.1, -0.05) is 48.5 Å². The number of carbonyl (C=O) groups excluding carboxylic acids is 2. The second-order valence-electron chi connectivity index (χ2n) is 6.44. The summed E-state index contributed by atoms with van der Waals surface area (Å²) in [4.78, 5) is 23.4. The maximum absolute atomic E-state index is 12.2. The molecule has 142 valence electrons. The standard InChI is InChI=1S/C23H22N2O3/c1-16-8-11-20(14-22(16)24-17(2)26)25-23(27)15-28-21-12-9-19(10-13-21)18-6-4-3-5-7-18/h3-14H,15H2,1-2H3,(H,24,26)(H,25,27). The van der Waals surface area contributed by atoms with Gasteiger partial charge in [-0.15, -0.1) is 0 Å². The largest absolute Gasteiger partial charge is 0.484 e. The number of aryl methyl sites for hydroxylation is 1. The predicted octanol–water partition coefficient (Wildman–Crippen LogP) is 4.64. The number of hydrogen-bond donors (Lipinski definition) is 2. The molecule has 5 heteroatoms. The fourth-order valence-electron chi connectivity index (χ4n) is 2.74. The zero-order valence-corrected chi connectivity index (χ0v) is 15.9. The van der Waals surface area contributed by atoms with E-state index in [1.807, 2.05) is 67.6 Å². The highest BCUT2D eigenvalue weighted by atomic mass is 16.5. The van der Waals surface area contributed by atoms with Crippen molar-refractivity contribution in [2.45, 2.75) is 13.8 Å². The van der Waals surface area contributed by atoms with E-state index in [1.54, 1.807) is 12.1 Å². The molecule has 0 unspecified atom stereocenters. The third-order valence-corrected chi connectivity index (χ3v) is 4.16. The number of amides is 2. The fraction of sp³-hybridized carbons (Fsp3) is 0.130. The van der Waals surface area contributed by atoms with Gasteiger partial charge in [-0.25, -0.2) is 0 Å². The number of hydrogen-bond acceptors (Lipinski definition) is 3. The highest BCUT2D eigenvalue weighted by Gasteiger charge is 2.07. The average Bonchev–Trinajstić information content (AvgIpc) is 2.70. The molecule has 0 heterocycles. The smallest absolute Gasteiger partial charge is 0.262 e. The van der Waals surface area contributed by atoms with Crippen LogP contribution in [0.25, 0.3) is 11.1 Å². The summed E-state index contributed by atoms with van der Waals surface area (Å²) < 4.78 is 5.57. The number of anilines is 2. The molecule has 2 amide bonds. The molecule has 2 N–H and O–H groups in total. The molecule has 0 saturated carbocycles. The van der Waals surface area contributed by atoms with E-state index in [0.29, 0.717) is 17.1 Å². The Morgan fingerprint density at radius 2 is 1.54 bits per heavy atom. The average molecular weight is 374 g/mol. The second kappa shape index (κ2) is 8.86. The summed E-state index contributed by atoms with van der Waals surface area (Å²) in [5, 5.41) is 5.52. The zero-order valence-electron chi connectivity index (χ0n) is 15.9. The summed E-state index contributed by atoms with van der Waals surface area (Å²) >= 11 is 0. The minimum Gasteiger partial charge on any atom is -0.484 e. The lowest BCUT2D eigenvalue weighted by atomic mass is 10.1. The monoisotopic (exact) mass is 374 g/mol. The molecule has 5 nitrogen and oxygen atoms in total. The lowest BCUT2D eigenvalue weighted by Crippen LogP contribution is -2.20. The van der Waals surface area contributed by atoms with Crippen molar-refractivity contribution in [2.75, 3.05) is 17.2 Å². The first-order valence-corrected chi connectivity index (χ1v) is 8.97. The first-order chi connectivity index (χ1) is 13.5. The first kappa shape index (κ1) is 19.2. The van der Waals surface area contributed by atoms with Gasteiger partial charge in [0.1, 0.15) is 5.75 Å². The fourth-order valence-corrected chi connectivity index (χ4v) is 2.74. The Balaban J connectivity index is 1.56. The van der Waals surface area contributed by atoms with E-state index >= 15 is 0 Å². The van der Waals surface area contributed by atoms with Crippen molar-refractivity contribution in [3.05, 3.63) is 78.4 Å². The van der Waals surface area contributed by atoms with Crippen LogP contribution in [0.5, 0.6) is 5.75 Å². The molecule has 0 aliphatic carbocycles. The summed E-state index contributed by atoms with van der Waals surface area (Å²) in [7, 11) is 0. The van der Waals surface area contributed by atoms with Crippen molar-refractivity contribution in [1.29, 1.82) is 0 Å². The lowest BCUT2D eigenvalue weighted by Gasteiger charge is -2.11. The molecule has 0 atom stereocenters. The Bertz CT molecular complexity index is 967. The number of nitrogens with one attached hydrogen (secondary N) is 2. The summed E-state index contributed by atoms with van der Waals surface area (Å²) in [6.45, 7) is 3.23. The minimum absolute atomic E-state index is 0.103. The van der Waals surface area contributed by atoms with Gasteiger partial charge in [0.15, 0.2) is 6.61 Å². The molecule has 0 spiro atoms. The molecule has 0 aliphatic heterocycles. The lowest BCUT2D eigenvalue weighted by molar-refractivity contribution is -0.118. The van der Waals surface area contributed by atoms with Gasteiger partial charge < -0.3 is 15.4 Å². The van der Waals surface area contributed by atoms with Gasteiger partial charge in [0.05, 0.1) is 0 Å². The molecule has 0 aliphatic rings. The Hall–Kier alpha value is -3.60. The van der Waals surface area contributed by atoms with Gasteiger partial charge in [0.2, 0.25) is 5.91 Å². The van der Waals surface area contributed by atoms with E-state index in [-0.39, 0.29) is 18.4 Å². The van der Waals surface area contributed by atoms with Crippen LogP contribution in [0.15, 0.2) is 72.8 Å². The molecule has 0 bridgehead atoms. The molecule has 0 fully saturated rings. The van der Waals surface area contributed by atoms with Gasteiger partial charge in [-0.05, 0) is 47.9 Å². The van der Waals surface area contributed by atoms with Crippen molar-refractivity contribution in [3.63, 3.8) is 0 Å². The molecule has 3 rings (SSSR count). The van der Waals surface area contributed by atoms with Crippen molar-refractivity contribution >= 4 is 23.2 Å². The van der Waals surface area contributed by atoms with E-state index in [1.165, 1.54) is 6.92 Å². The maximum Gasteiger partial charge on any atom is 0.262 e. The number of ether oxygens (including phenoxy) is 1. The third-order valence-electron chi connectivity index (χ3n) is 4.16. The van der Waals surface area contributed by atoms with Crippen LogP contribution in [0.1, 0.15) is 12.5 Å². The summed E-state index contributed by atoms with van der Waals surface area (Å²) in [6.07, 6.45) is 0. The third kappa shape index (κ3) is 5.20. The van der Waals surface area contributed by atoms with Crippen molar-refractivity contribution < 1.29 is 14.3 Å². The molecule has 28 heavy (non-hydrogen) atoms.